The molecule has 0 radical (unpaired) electrons. The Morgan fingerprint density at radius 1 is 1.38 bits per heavy atom. The van der Waals surface area contributed by atoms with Gasteiger partial charge >= 0.3 is 12.0 Å². The number of carbonyl (C=O) groups excluding carboxylic acids is 1. The maximum Gasteiger partial charge on any atom is 0.317 e. The molecule has 1 atom stereocenters. The molecule has 1 saturated heterocycles. The summed E-state index contributed by atoms with van der Waals surface area (Å²) in [4.78, 5) is 23.7. The molecule has 12 heteroatoms. The van der Waals surface area contributed by atoms with E-state index >= 15 is 0 Å². The smallest absolute Gasteiger partial charge is 0.317 e. The molecule has 2 amide bonds. The standard InChI is InChI=1S/C9H17N3O7S2/c10-21(18,19)3-1-11-9(15)12-2-4-20(16,17)6-7(12)5-8(13)14/h7H,1-6H2,(H,11,15)(H,13,14)(H2,10,18,19). The first kappa shape index (κ1) is 17.7. The van der Waals surface area contributed by atoms with Gasteiger partial charge in [0.25, 0.3) is 0 Å². The molecule has 0 aliphatic carbocycles. The van der Waals surface area contributed by atoms with Gasteiger partial charge in [-0.2, -0.15) is 0 Å². The van der Waals surface area contributed by atoms with Crippen molar-refractivity contribution in [1.82, 2.24) is 10.2 Å². The quantitative estimate of drug-likeness (QED) is 0.499. The predicted molar refractivity (Wildman–Crippen MR) is 72.8 cm³/mol. The van der Waals surface area contributed by atoms with Gasteiger partial charge in [-0.15, -0.1) is 0 Å². The minimum absolute atomic E-state index is 0.137. The summed E-state index contributed by atoms with van der Waals surface area (Å²) >= 11 is 0. The molecule has 0 aromatic heterocycles. The number of amides is 2. The van der Waals surface area contributed by atoms with Gasteiger partial charge in [0.15, 0.2) is 9.84 Å². The molecular weight excluding hydrogens is 326 g/mol. The average molecular weight is 343 g/mol. The van der Waals surface area contributed by atoms with E-state index in [1.54, 1.807) is 0 Å². The molecule has 1 rings (SSSR count). The number of aliphatic carboxylic acids is 1. The molecule has 1 heterocycles. The normalized spacial score (nSPS) is 21.8. The van der Waals surface area contributed by atoms with Crippen LogP contribution >= 0.6 is 0 Å². The summed E-state index contributed by atoms with van der Waals surface area (Å²) in [5, 5.41) is 15.8. The molecule has 21 heavy (non-hydrogen) atoms. The van der Waals surface area contributed by atoms with Gasteiger partial charge in [0.1, 0.15) is 0 Å². The van der Waals surface area contributed by atoms with Gasteiger partial charge < -0.3 is 15.3 Å². The Bertz CT molecular complexity index is 613. The van der Waals surface area contributed by atoms with E-state index in [-0.39, 0.29) is 18.8 Å². The number of nitrogens with zero attached hydrogens (tertiary/aromatic N) is 1. The number of hydrogen-bond acceptors (Lipinski definition) is 6. The second kappa shape index (κ2) is 6.58. The van der Waals surface area contributed by atoms with E-state index in [2.05, 4.69) is 5.32 Å². The number of carboxylic acids is 1. The fourth-order valence-electron chi connectivity index (χ4n) is 1.93. The Morgan fingerprint density at radius 2 is 2.00 bits per heavy atom. The first-order valence-corrected chi connectivity index (χ1v) is 9.51. The van der Waals surface area contributed by atoms with Crippen molar-refractivity contribution in [2.75, 3.05) is 30.3 Å². The molecular formula is C9H17N3O7S2. The number of carboxylic acid groups (broad SMARTS) is 1. The largest absolute Gasteiger partial charge is 0.481 e. The molecule has 1 aliphatic rings. The van der Waals surface area contributed by atoms with E-state index in [9.17, 15) is 26.4 Å². The van der Waals surface area contributed by atoms with Gasteiger partial charge in [0.2, 0.25) is 10.0 Å². The monoisotopic (exact) mass is 343 g/mol. The zero-order chi connectivity index (χ0) is 16.3. The highest BCUT2D eigenvalue weighted by atomic mass is 32.2. The number of carbonyl (C=O) groups is 2. The lowest BCUT2D eigenvalue weighted by Crippen LogP contribution is -2.55. The Balaban J connectivity index is 2.69. The average Bonchev–Trinajstić information content (AvgIpc) is 2.24. The molecule has 122 valence electrons. The van der Waals surface area contributed by atoms with Crippen LogP contribution in [0.1, 0.15) is 6.42 Å². The SMILES string of the molecule is NS(=O)(=O)CCNC(=O)N1CCS(=O)(=O)CC1CC(=O)O. The molecule has 0 aromatic carbocycles. The van der Waals surface area contributed by atoms with E-state index in [4.69, 9.17) is 10.2 Å². The van der Waals surface area contributed by atoms with Gasteiger partial charge in [-0.1, -0.05) is 0 Å². The number of urea groups is 1. The topological polar surface area (TPSA) is 164 Å². The number of hydrogen-bond donors (Lipinski definition) is 3. The van der Waals surface area contributed by atoms with Gasteiger partial charge in [-0.3, -0.25) is 4.79 Å². The van der Waals surface area contributed by atoms with Gasteiger partial charge in [-0.25, -0.2) is 26.8 Å². The van der Waals surface area contributed by atoms with Crippen molar-refractivity contribution in [2.24, 2.45) is 5.14 Å². The van der Waals surface area contributed by atoms with Crippen molar-refractivity contribution in [1.29, 1.82) is 0 Å². The lowest BCUT2D eigenvalue weighted by molar-refractivity contribution is -0.138. The second-order valence-corrected chi connectivity index (χ2v) is 8.62. The highest BCUT2D eigenvalue weighted by Crippen LogP contribution is 2.15. The van der Waals surface area contributed by atoms with E-state index < -0.39 is 55.8 Å². The van der Waals surface area contributed by atoms with Gasteiger partial charge in [0.05, 0.1) is 29.7 Å². The summed E-state index contributed by atoms with van der Waals surface area (Å²) in [6.45, 7) is -0.373. The summed E-state index contributed by atoms with van der Waals surface area (Å²) in [6, 6.07) is -1.68. The molecule has 10 nitrogen and oxygen atoms in total. The molecule has 0 spiro atoms. The Morgan fingerprint density at radius 3 is 2.52 bits per heavy atom. The Labute approximate surface area is 122 Å². The Hall–Kier alpha value is -1.40. The highest BCUT2D eigenvalue weighted by molar-refractivity contribution is 7.91. The molecule has 4 N–H and O–H groups in total. The third-order valence-corrected chi connectivity index (χ3v) is 5.33. The van der Waals surface area contributed by atoms with Crippen LogP contribution < -0.4 is 10.5 Å². The third-order valence-electron chi connectivity index (χ3n) is 2.86. The summed E-state index contributed by atoms with van der Waals surface area (Å²) in [5.74, 6) is -2.37. The van der Waals surface area contributed by atoms with Crippen LogP contribution in [0.2, 0.25) is 0 Å². The van der Waals surface area contributed by atoms with Crippen LogP contribution in [-0.4, -0.2) is 75.2 Å². The lowest BCUT2D eigenvalue weighted by Gasteiger charge is -2.34. The van der Waals surface area contributed by atoms with Crippen molar-refractivity contribution in [2.45, 2.75) is 12.5 Å². The van der Waals surface area contributed by atoms with Crippen LogP contribution in [0, 0.1) is 0 Å². The van der Waals surface area contributed by atoms with E-state index in [0.717, 1.165) is 4.90 Å². The van der Waals surface area contributed by atoms with Gasteiger partial charge in [0, 0.05) is 13.1 Å². The molecule has 0 bridgehead atoms. The predicted octanol–water partition coefficient (Wildman–Crippen LogP) is -2.44. The minimum atomic E-state index is -3.72. The van der Waals surface area contributed by atoms with Gasteiger partial charge in [-0.05, 0) is 0 Å². The minimum Gasteiger partial charge on any atom is -0.481 e. The fraction of sp³-hybridized carbons (Fsp3) is 0.778. The zero-order valence-electron chi connectivity index (χ0n) is 11.1. The number of primary sulfonamides is 1. The lowest BCUT2D eigenvalue weighted by atomic mass is 10.2. The molecule has 0 aromatic rings. The number of rotatable bonds is 5. The van der Waals surface area contributed by atoms with Crippen molar-refractivity contribution in [3.05, 3.63) is 0 Å². The Kier molecular flexibility index (Phi) is 5.53. The van der Waals surface area contributed by atoms with E-state index in [1.807, 2.05) is 0 Å². The van der Waals surface area contributed by atoms with Crippen molar-refractivity contribution >= 4 is 31.9 Å². The molecule has 0 saturated carbocycles. The van der Waals surface area contributed by atoms with Crippen LogP contribution in [0.4, 0.5) is 4.79 Å². The summed E-state index contributed by atoms with van der Waals surface area (Å²) in [5.41, 5.74) is 0. The van der Waals surface area contributed by atoms with Crippen LogP contribution in [0.15, 0.2) is 0 Å². The number of sulfonamides is 1. The maximum absolute atomic E-state index is 11.9. The van der Waals surface area contributed by atoms with Crippen LogP contribution in [0.25, 0.3) is 0 Å². The van der Waals surface area contributed by atoms with Crippen molar-refractivity contribution < 1.29 is 31.5 Å². The summed E-state index contributed by atoms with van der Waals surface area (Å²) in [7, 11) is -7.11. The highest BCUT2D eigenvalue weighted by Gasteiger charge is 2.35. The number of nitrogens with two attached hydrogens (primary N) is 1. The second-order valence-electron chi connectivity index (χ2n) is 4.66. The van der Waals surface area contributed by atoms with E-state index in [0.29, 0.717) is 0 Å². The van der Waals surface area contributed by atoms with E-state index in [1.165, 1.54) is 0 Å². The van der Waals surface area contributed by atoms with Crippen LogP contribution in [0.5, 0.6) is 0 Å². The van der Waals surface area contributed by atoms with Crippen molar-refractivity contribution in [3.63, 3.8) is 0 Å². The molecule has 1 aliphatic heterocycles. The first-order chi connectivity index (χ1) is 9.50. The molecule has 1 fully saturated rings. The van der Waals surface area contributed by atoms with Crippen molar-refractivity contribution in [3.8, 4) is 0 Å². The van der Waals surface area contributed by atoms with Crippen LogP contribution in [-0.2, 0) is 24.7 Å². The first-order valence-electron chi connectivity index (χ1n) is 5.97. The maximum atomic E-state index is 11.9. The zero-order valence-corrected chi connectivity index (χ0v) is 12.7. The summed E-state index contributed by atoms with van der Waals surface area (Å²) in [6.07, 6.45) is -0.498. The fourth-order valence-corrected chi connectivity index (χ4v) is 3.84. The third kappa shape index (κ3) is 6.27. The van der Waals surface area contributed by atoms with Crippen LogP contribution in [0.3, 0.4) is 0 Å². The number of sulfone groups is 1. The molecule has 1 unspecified atom stereocenters. The number of nitrogens with one attached hydrogen (secondary N) is 1. The summed E-state index contributed by atoms with van der Waals surface area (Å²) < 4.78 is 44.5.